The first-order valence-corrected chi connectivity index (χ1v) is 16.5. The Kier molecular flexibility index (Phi) is 11.4. The lowest BCUT2D eigenvalue weighted by atomic mass is 9.84. The molecule has 0 saturated carbocycles. The van der Waals surface area contributed by atoms with Gasteiger partial charge in [0.25, 0.3) is 0 Å². The summed E-state index contributed by atoms with van der Waals surface area (Å²) in [5.41, 5.74) is 2.23. The van der Waals surface area contributed by atoms with E-state index in [1.54, 1.807) is 7.11 Å². The fraction of sp³-hybridized carbons (Fsp3) is 0.733. The zero-order chi connectivity index (χ0) is 28.0. The second kappa shape index (κ2) is 13.2. The van der Waals surface area contributed by atoms with E-state index < -0.39 is 14.1 Å². The van der Waals surface area contributed by atoms with Crippen molar-refractivity contribution >= 4 is 8.32 Å². The van der Waals surface area contributed by atoms with Gasteiger partial charge in [-0.05, 0) is 68.1 Å². The Balaban J connectivity index is 2.28. The largest absolute Gasteiger partial charge is 0.497 e. The molecule has 1 heterocycles. The quantitative estimate of drug-likeness (QED) is 0.240. The van der Waals surface area contributed by atoms with Crippen LogP contribution in [-0.4, -0.2) is 58.3 Å². The van der Waals surface area contributed by atoms with Crippen molar-refractivity contribution < 1.29 is 28.5 Å². The van der Waals surface area contributed by atoms with E-state index in [0.717, 1.165) is 16.9 Å². The third kappa shape index (κ3) is 9.19. The number of hydrogen-bond donors (Lipinski definition) is 1. The zero-order valence-electron chi connectivity index (χ0n) is 25.1. The molecule has 2 rings (SSSR count). The number of hydrogen-bond acceptors (Lipinski definition) is 6. The molecule has 0 bridgehead atoms. The molecule has 1 N–H and O–H groups in total. The van der Waals surface area contributed by atoms with Gasteiger partial charge in [-0.3, -0.25) is 0 Å². The van der Waals surface area contributed by atoms with Crippen LogP contribution >= 0.6 is 0 Å². The normalized spacial score (nSPS) is 23.4. The average Bonchev–Trinajstić information content (AvgIpc) is 2.81. The molecule has 0 spiro atoms. The molecular weight excluding hydrogens is 484 g/mol. The van der Waals surface area contributed by atoms with Crippen LogP contribution in [0.2, 0.25) is 18.1 Å². The lowest BCUT2D eigenvalue weighted by Gasteiger charge is -2.49. The Morgan fingerprint density at radius 2 is 1.81 bits per heavy atom. The maximum absolute atomic E-state index is 9.72. The first kappa shape index (κ1) is 32.0. The number of benzene rings is 1. The Bertz CT molecular complexity index is 858. The Labute approximate surface area is 226 Å². The molecule has 0 radical (unpaired) electrons. The number of aliphatic hydroxyl groups is 1. The smallest absolute Gasteiger partial charge is 0.192 e. The molecule has 1 fully saturated rings. The highest BCUT2D eigenvalue weighted by molar-refractivity contribution is 6.74. The first-order valence-electron chi connectivity index (χ1n) is 13.6. The highest BCUT2D eigenvalue weighted by atomic mass is 28.4. The van der Waals surface area contributed by atoms with Gasteiger partial charge in [0.05, 0.1) is 39.1 Å². The van der Waals surface area contributed by atoms with Crippen LogP contribution in [0.3, 0.4) is 0 Å². The van der Waals surface area contributed by atoms with E-state index in [9.17, 15) is 5.11 Å². The standard InChI is InChI=1S/C30H52O6Si/c1-21(17-31)16-22(2)28(36-37(10,11)29(4,5)6)26-20-34-30(7,8)35-27(26)23(3)18-33-19-24-12-14-25(32-9)15-13-24/h12-16,21,23,26-28,31H,17-20H2,1-11H3/b22-16-/t21-,23-,26+,27-,28-/m1/s1. The first-order chi connectivity index (χ1) is 17.1. The van der Waals surface area contributed by atoms with Crippen LogP contribution in [-0.2, 0) is 25.2 Å². The number of ether oxygens (including phenoxy) is 4. The monoisotopic (exact) mass is 536 g/mol. The molecule has 6 nitrogen and oxygen atoms in total. The van der Waals surface area contributed by atoms with Crippen LogP contribution in [0.15, 0.2) is 35.9 Å². The summed E-state index contributed by atoms with van der Waals surface area (Å²) in [6, 6.07) is 7.96. The summed E-state index contributed by atoms with van der Waals surface area (Å²) in [6.45, 7) is 23.4. The SMILES string of the molecule is COc1ccc(COC[C@@H](C)[C@H]2OC(C)(C)OC[C@@H]2[C@H](O[Si](C)(C)C(C)(C)C)/C(C)=C\[C@@H](C)CO)cc1. The summed E-state index contributed by atoms with van der Waals surface area (Å²) >= 11 is 0. The molecule has 0 aromatic heterocycles. The van der Waals surface area contributed by atoms with E-state index in [1.807, 2.05) is 45.0 Å². The van der Waals surface area contributed by atoms with Crippen LogP contribution in [0.25, 0.3) is 0 Å². The van der Waals surface area contributed by atoms with Gasteiger partial charge in [0.2, 0.25) is 0 Å². The molecule has 0 unspecified atom stereocenters. The minimum absolute atomic E-state index is 0.00359. The molecule has 37 heavy (non-hydrogen) atoms. The van der Waals surface area contributed by atoms with Crippen LogP contribution in [0.5, 0.6) is 5.75 Å². The number of aliphatic hydroxyl groups excluding tert-OH is 1. The van der Waals surface area contributed by atoms with Crippen molar-refractivity contribution in [3.05, 3.63) is 41.5 Å². The van der Waals surface area contributed by atoms with Crippen LogP contribution in [0, 0.1) is 17.8 Å². The van der Waals surface area contributed by atoms with E-state index in [-0.39, 0.29) is 41.6 Å². The van der Waals surface area contributed by atoms with Gasteiger partial charge in [-0.15, -0.1) is 0 Å². The van der Waals surface area contributed by atoms with Gasteiger partial charge in [-0.25, -0.2) is 0 Å². The van der Waals surface area contributed by atoms with Crippen LogP contribution < -0.4 is 4.74 Å². The molecule has 1 aliphatic rings. The van der Waals surface area contributed by atoms with Crippen LogP contribution in [0.1, 0.15) is 61.0 Å². The molecule has 1 aromatic rings. The third-order valence-electron chi connectivity index (χ3n) is 7.74. The summed E-state index contributed by atoms with van der Waals surface area (Å²) < 4.78 is 31.3. The number of rotatable bonds is 12. The summed E-state index contributed by atoms with van der Waals surface area (Å²) in [5, 5.41) is 9.78. The molecular formula is C30H52O6Si. The summed E-state index contributed by atoms with van der Waals surface area (Å²) in [4.78, 5) is 0. The second-order valence-corrected chi connectivity index (χ2v) is 17.4. The lowest BCUT2D eigenvalue weighted by Crippen LogP contribution is -2.56. The minimum atomic E-state index is -2.11. The fourth-order valence-electron chi connectivity index (χ4n) is 4.43. The van der Waals surface area contributed by atoms with Gasteiger partial charge in [-0.2, -0.15) is 0 Å². The molecule has 0 amide bonds. The summed E-state index contributed by atoms with van der Waals surface area (Å²) in [5.74, 6) is 0.340. The summed E-state index contributed by atoms with van der Waals surface area (Å²) in [7, 11) is -0.440. The Morgan fingerprint density at radius 1 is 1.19 bits per heavy atom. The van der Waals surface area contributed by atoms with E-state index in [0.29, 0.717) is 19.8 Å². The van der Waals surface area contributed by atoms with Crippen LogP contribution in [0.4, 0.5) is 0 Å². The molecule has 7 heteroatoms. The fourth-order valence-corrected chi connectivity index (χ4v) is 5.78. The van der Waals surface area contributed by atoms with Gasteiger partial charge in [0.15, 0.2) is 14.1 Å². The van der Waals surface area contributed by atoms with Crippen molar-refractivity contribution in [2.45, 2.75) is 98.1 Å². The van der Waals surface area contributed by atoms with Crippen molar-refractivity contribution in [2.75, 3.05) is 26.9 Å². The van der Waals surface area contributed by atoms with Gasteiger partial charge < -0.3 is 28.5 Å². The van der Waals surface area contributed by atoms with Gasteiger partial charge in [-0.1, -0.05) is 52.8 Å². The second-order valence-electron chi connectivity index (χ2n) is 12.7. The van der Waals surface area contributed by atoms with E-state index >= 15 is 0 Å². The molecule has 212 valence electrons. The third-order valence-corrected chi connectivity index (χ3v) is 12.2. The van der Waals surface area contributed by atoms with E-state index in [4.69, 9.17) is 23.4 Å². The summed E-state index contributed by atoms with van der Waals surface area (Å²) in [6.07, 6.45) is 1.86. The van der Waals surface area contributed by atoms with E-state index in [2.05, 4.69) is 53.8 Å². The Hall–Kier alpha value is -1.22. The zero-order valence-corrected chi connectivity index (χ0v) is 26.1. The average molecular weight is 537 g/mol. The molecule has 0 aliphatic carbocycles. The lowest BCUT2D eigenvalue weighted by molar-refractivity contribution is -0.310. The molecule has 1 aromatic carbocycles. The Morgan fingerprint density at radius 3 is 2.35 bits per heavy atom. The van der Waals surface area contributed by atoms with Crippen molar-refractivity contribution in [1.29, 1.82) is 0 Å². The van der Waals surface area contributed by atoms with Gasteiger partial charge in [0, 0.05) is 18.4 Å². The maximum atomic E-state index is 9.72. The van der Waals surface area contributed by atoms with Crippen molar-refractivity contribution in [3.8, 4) is 5.75 Å². The van der Waals surface area contributed by atoms with Crippen molar-refractivity contribution in [2.24, 2.45) is 17.8 Å². The molecule has 1 saturated heterocycles. The van der Waals surface area contributed by atoms with Gasteiger partial charge >= 0.3 is 0 Å². The van der Waals surface area contributed by atoms with Gasteiger partial charge in [0.1, 0.15) is 5.75 Å². The topological polar surface area (TPSA) is 66.4 Å². The van der Waals surface area contributed by atoms with E-state index in [1.165, 1.54) is 0 Å². The highest BCUT2D eigenvalue weighted by Gasteiger charge is 2.47. The highest BCUT2D eigenvalue weighted by Crippen LogP contribution is 2.42. The number of methoxy groups -OCH3 is 1. The molecule has 1 aliphatic heterocycles. The predicted molar refractivity (Wildman–Crippen MR) is 152 cm³/mol. The van der Waals surface area contributed by atoms with Crippen molar-refractivity contribution in [3.63, 3.8) is 0 Å². The predicted octanol–water partition coefficient (Wildman–Crippen LogP) is 6.58. The maximum Gasteiger partial charge on any atom is 0.192 e. The minimum Gasteiger partial charge on any atom is -0.497 e. The molecule has 5 atom stereocenters. The van der Waals surface area contributed by atoms with Crippen molar-refractivity contribution in [1.82, 2.24) is 0 Å².